The largest absolute Gasteiger partial charge is 0.445 e. The Morgan fingerprint density at radius 2 is 2.00 bits per heavy atom. The molecule has 0 aliphatic rings. The molecule has 0 unspecified atom stereocenters. The third-order valence-corrected chi connectivity index (χ3v) is 2.20. The molecule has 1 aromatic carbocycles. The SMILES string of the molecule is ClCc1coc(C=Cc2ccccc2)n1. The number of nitrogens with zero attached hydrogens (tertiary/aromatic N) is 1. The number of hydrogen-bond acceptors (Lipinski definition) is 2. The van der Waals surface area contributed by atoms with Crippen LogP contribution in [0.4, 0.5) is 0 Å². The van der Waals surface area contributed by atoms with Crippen LogP contribution in [0.2, 0.25) is 0 Å². The lowest BCUT2D eigenvalue weighted by molar-refractivity contribution is 0.546. The maximum Gasteiger partial charge on any atom is 0.218 e. The van der Waals surface area contributed by atoms with Crippen LogP contribution in [0.1, 0.15) is 17.1 Å². The highest BCUT2D eigenvalue weighted by Crippen LogP contribution is 2.09. The molecule has 2 rings (SSSR count). The number of oxazole rings is 1. The van der Waals surface area contributed by atoms with Gasteiger partial charge in [-0.2, -0.15) is 0 Å². The monoisotopic (exact) mass is 219 g/mol. The Hall–Kier alpha value is -1.54. The summed E-state index contributed by atoms with van der Waals surface area (Å²) in [5, 5.41) is 0. The van der Waals surface area contributed by atoms with E-state index in [0.29, 0.717) is 11.8 Å². The Morgan fingerprint density at radius 1 is 1.20 bits per heavy atom. The van der Waals surface area contributed by atoms with Crippen LogP contribution in [0.15, 0.2) is 41.0 Å². The second kappa shape index (κ2) is 4.80. The Balaban J connectivity index is 2.11. The standard InChI is InChI=1S/C12H10ClNO/c13-8-11-9-15-12(14-11)7-6-10-4-2-1-3-5-10/h1-7,9H,8H2. The number of alkyl halides is 1. The fourth-order valence-corrected chi connectivity index (χ4v) is 1.31. The van der Waals surface area contributed by atoms with Gasteiger partial charge in [0.2, 0.25) is 5.89 Å². The fraction of sp³-hybridized carbons (Fsp3) is 0.0833. The number of halogens is 1. The molecule has 3 heteroatoms. The molecule has 15 heavy (non-hydrogen) atoms. The van der Waals surface area contributed by atoms with Gasteiger partial charge in [0.05, 0.1) is 11.6 Å². The van der Waals surface area contributed by atoms with Gasteiger partial charge in [0.1, 0.15) is 6.26 Å². The maximum absolute atomic E-state index is 5.61. The summed E-state index contributed by atoms with van der Waals surface area (Å²) < 4.78 is 5.19. The van der Waals surface area contributed by atoms with Crippen molar-refractivity contribution >= 4 is 23.8 Å². The fourth-order valence-electron chi connectivity index (χ4n) is 1.19. The molecule has 0 fully saturated rings. The molecule has 0 amide bonds. The van der Waals surface area contributed by atoms with Gasteiger partial charge in [-0.15, -0.1) is 11.6 Å². The lowest BCUT2D eigenvalue weighted by Crippen LogP contribution is -1.76. The summed E-state index contributed by atoms with van der Waals surface area (Å²) in [6, 6.07) is 9.98. The highest BCUT2D eigenvalue weighted by atomic mass is 35.5. The van der Waals surface area contributed by atoms with Gasteiger partial charge in [-0.1, -0.05) is 30.3 Å². The first-order valence-corrected chi connectivity index (χ1v) is 5.15. The summed E-state index contributed by atoms with van der Waals surface area (Å²) in [6.07, 6.45) is 5.34. The van der Waals surface area contributed by atoms with Crippen LogP contribution < -0.4 is 0 Å². The molecule has 0 atom stereocenters. The van der Waals surface area contributed by atoms with E-state index in [0.717, 1.165) is 11.3 Å². The minimum absolute atomic E-state index is 0.378. The smallest absolute Gasteiger partial charge is 0.218 e. The minimum Gasteiger partial charge on any atom is -0.445 e. The van der Waals surface area contributed by atoms with E-state index in [1.807, 2.05) is 42.5 Å². The van der Waals surface area contributed by atoms with Crippen molar-refractivity contribution in [3.05, 3.63) is 53.7 Å². The molecule has 0 radical (unpaired) electrons. The Labute approximate surface area is 93.2 Å². The van der Waals surface area contributed by atoms with Crippen LogP contribution >= 0.6 is 11.6 Å². The quantitative estimate of drug-likeness (QED) is 0.738. The van der Waals surface area contributed by atoms with Crippen LogP contribution in [0.5, 0.6) is 0 Å². The minimum atomic E-state index is 0.378. The van der Waals surface area contributed by atoms with Crippen molar-refractivity contribution in [1.82, 2.24) is 4.98 Å². The first-order chi connectivity index (χ1) is 7.38. The van der Waals surface area contributed by atoms with Gasteiger partial charge in [-0.3, -0.25) is 0 Å². The molecular formula is C12H10ClNO. The van der Waals surface area contributed by atoms with E-state index in [9.17, 15) is 0 Å². The molecule has 0 spiro atoms. The van der Waals surface area contributed by atoms with Crippen LogP contribution in [0.25, 0.3) is 12.2 Å². The van der Waals surface area contributed by atoms with Crippen molar-refractivity contribution < 1.29 is 4.42 Å². The molecule has 0 saturated heterocycles. The van der Waals surface area contributed by atoms with Crippen molar-refractivity contribution in [2.45, 2.75) is 5.88 Å². The molecule has 2 nitrogen and oxygen atoms in total. The summed E-state index contributed by atoms with van der Waals surface area (Å²) in [4.78, 5) is 4.16. The summed E-state index contributed by atoms with van der Waals surface area (Å²) >= 11 is 5.61. The molecule has 76 valence electrons. The van der Waals surface area contributed by atoms with Crippen molar-refractivity contribution in [1.29, 1.82) is 0 Å². The number of benzene rings is 1. The van der Waals surface area contributed by atoms with Crippen LogP contribution in [0, 0.1) is 0 Å². The molecule has 0 saturated carbocycles. The number of hydrogen-bond donors (Lipinski definition) is 0. The summed E-state index contributed by atoms with van der Waals surface area (Å²) in [6.45, 7) is 0. The molecule has 0 N–H and O–H groups in total. The second-order valence-electron chi connectivity index (χ2n) is 3.05. The van der Waals surface area contributed by atoms with Gasteiger partial charge >= 0.3 is 0 Å². The third-order valence-electron chi connectivity index (χ3n) is 1.92. The van der Waals surface area contributed by atoms with Crippen LogP contribution in [0.3, 0.4) is 0 Å². The highest BCUT2D eigenvalue weighted by molar-refractivity contribution is 6.16. The average Bonchev–Trinajstić information content (AvgIpc) is 2.76. The second-order valence-corrected chi connectivity index (χ2v) is 3.32. The van der Waals surface area contributed by atoms with E-state index >= 15 is 0 Å². The Kier molecular flexibility index (Phi) is 3.20. The van der Waals surface area contributed by atoms with Gasteiger partial charge in [-0.05, 0) is 11.6 Å². The number of aromatic nitrogens is 1. The summed E-state index contributed by atoms with van der Waals surface area (Å²) in [5.41, 5.74) is 1.87. The van der Waals surface area contributed by atoms with Gasteiger partial charge in [0.25, 0.3) is 0 Å². The topological polar surface area (TPSA) is 26.0 Å². The van der Waals surface area contributed by atoms with E-state index in [1.165, 1.54) is 0 Å². The van der Waals surface area contributed by atoms with Gasteiger partial charge in [-0.25, -0.2) is 4.98 Å². The lowest BCUT2D eigenvalue weighted by Gasteiger charge is -1.88. The van der Waals surface area contributed by atoms with E-state index in [2.05, 4.69) is 4.98 Å². The highest BCUT2D eigenvalue weighted by Gasteiger charge is 1.97. The van der Waals surface area contributed by atoms with E-state index in [4.69, 9.17) is 16.0 Å². The predicted molar refractivity (Wildman–Crippen MR) is 61.4 cm³/mol. The molecule has 1 aromatic heterocycles. The van der Waals surface area contributed by atoms with Gasteiger partial charge < -0.3 is 4.42 Å². The first kappa shape index (κ1) is 9.99. The summed E-state index contributed by atoms with van der Waals surface area (Å²) in [5.74, 6) is 0.956. The van der Waals surface area contributed by atoms with Crippen LogP contribution in [-0.4, -0.2) is 4.98 Å². The van der Waals surface area contributed by atoms with Crippen LogP contribution in [-0.2, 0) is 5.88 Å². The molecule has 2 aromatic rings. The zero-order valence-electron chi connectivity index (χ0n) is 8.06. The molecular weight excluding hydrogens is 210 g/mol. The Bertz CT molecular complexity index is 448. The number of rotatable bonds is 3. The van der Waals surface area contributed by atoms with E-state index < -0.39 is 0 Å². The lowest BCUT2D eigenvalue weighted by atomic mass is 10.2. The maximum atomic E-state index is 5.61. The molecule has 0 bridgehead atoms. The first-order valence-electron chi connectivity index (χ1n) is 4.62. The van der Waals surface area contributed by atoms with Crippen molar-refractivity contribution in [3.8, 4) is 0 Å². The van der Waals surface area contributed by atoms with Crippen molar-refractivity contribution in [2.75, 3.05) is 0 Å². The van der Waals surface area contributed by atoms with Gasteiger partial charge in [0.15, 0.2) is 0 Å². The predicted octanol–water partition coefficient (Wildman–Crippen LogP) is 3.58. The molecule has 1 heterocycles. The van der Waals surface area contributed by atoms with E-state index in [1.54, 1.807) is 6.26 Å². The Morgan fingerprint density at radius 3 is 2.67 bits per heavy atom. The molecule has 0 aliphatic heterocycles. The van der Waals surface area contributed by atoms with Crippen molar-refractivity contribution in [2.24, 2.45) is 0 Å². The van der Waals surface area contributed by atoms with Gasteiger partial charge in [0, 0.05) is 6.08 Å². The third kappa shape index (κ3) is 2.70. The zero-order valence-corrected chi connectivity index (χ0v) is 8.82. The zero-order chi connectivity index (χ0) is 10.5. The van der Waals surface area contributed by atoms with Crippen molar-refractivity contribution in [3.63, 3.8) is 0 Å². The van der Waals surface area contributed by atoms with E-state index in [-0.39, 0.29) is 0 Å². The summed E-state index contributed by atoms with van der Waals surface area (Å²) in [7, 11) is 0. The average molecular weight is 220 g/mol. The molecule has 0 aliphatic carbocycles. The normalized spacial score (nSPS) is 11.0.